The third-order valence-corrected chi connectivity index (χ3v) is 4.88. The van der Waals surface area contributed by atoms with Crippen molar-refractivity contribution in [2.24, 2.45) is 5.92 Å². The number of rotatable bonds is 5. The molecule has 0 atom stereocenters. The predicted octanol–water partition coefficient (Wildman–Crippen LogP) is 3.41. The van der Waals surface area contributed by atoms with Crippen LogP contribution in [-0.2, 0) is 0 Å². The van der Waals surface area contributed by atoms with E-state index in [1.807, 2.05) is 36.2 Å². The number of likely N-dealkylation sites (tertiary alicyclic amines) is 1. The molecule has 2 heterocycles. The molecule has 0 radical (unpaired) electrons. The number of aromatic nitrogens is 2. The topological polar surface area (TPSA) is 50.2 Å². The van der Waals surface area contributed by atoms with E-state index in [1.165, 1.54) is 6.42 Å². The Labute approximate surface area is 159 Å². The summed E-state index contributed by atoms with van der Waals surface area (Å²) in [6, 6.07) is 7.40. The number of halogens is 2. The summed E-state index contributed by atoms with van der Waals surface area (Å²) < 4.78 is 1.71. The quantitative estimate of drug-likeness (QED) is 0.861. The molecule has 1 aliphatic heterocycles. The molecule has 136 valence electrons. The lowest BCUT2D eigenvalue weighted by Crippen LogP contribution is -2.38. The van der Waals surface area contributed by atoms with Crippen molar-refractivity contribution in [1.29, 1.82) is 0 Å². The highest BCUT2D eigenvalue weighted by Gasteiger charge is 2.24. The van der Waals surface area contributed by atoms with Gasteiger partial charge in [0.05, 0.1) is 17.4 Å². The van der Waals surface area contributed by atoms with Crippen LogP contribution in [-0.4, -0.2) is 47.3 Å². The van der Waals surface area contributed by atoms with Crippen LogP contribution in [0.25, 0.3) is 5.69 Å². The summed E-state index contributed by atoms with van der Waals surface area (Å²) >= 11 is 5.91. The molecule has 1 saturated heterocycles. The van der Waals surface area contributed by atoms with E-state index in [0.717, 1.165) is 44.1 Å². The monoisotopic (exact) mass is 382 g/mol. The fourth-order valence-electron chi connectivity index (χ4n) is 3.12. The number of carbonyl (C=O) groups excluding carboxylic acids is 1. The highest BCUT2D eigenvalue weighted by atomic mass is 35.5. The van der Waals surface area contributed by atoms with Gasteiger partial charge in [-0.1, -0.05) is 11.6 Å². The Morgan fingerprint density at radius 3 is 2.60 bits per heavy atom. The molecule has 1 amide bonds. The number of hydrogen-bond donors (Lipinski definition) is 1. The fraction of sp³-hybridized carbons (Fsp3) is 0.444. The van der Waals surface area contributed by atoms with Crippen molar-refractivity contribution in [2.75, 3.05) is 26.7 Å². The Morgan fingerprint density at radius 1 is 1.28 bits per heavy atom. The first kappa shape index (κ1) is 19.8. The van der Waals surface area contributed by atoms with E-state index in [2.05, 4.69) is 10.4 Å². The Balaban J connectivity index is 0.00000225. The number of carbonyl (C=O) groups is 1. The summed E-state index contributed by atoms with van der Waals surface area (Å²) in [4.78, 5) is 14.6. The number of nitrogens with zero attached hydrogens (tertiary/aromatic N) is 3. The molecule has 1 aromatic heterocycles. The van der Waals surface area contributed by atoms with Crippen LogP contribution < -0.4 is 5.32 Å². The molecule has 1 aliphatic rings. The van der Waals surface area contributed by atoms with Gasteiger partial charge < -0.3 is 10.2 Å². The number of benzene rings is 1. The minimum atomic E-state index is 0. The lowest BCUT2D eigenvalue weighted by Gasteiger charge is -2.31. The second-order valence-corrected chi connectivity index (χ2v) is 6.71. The Morgan fingerprint density at radius 2 is 1.96 bits per heavy atom. The summed E-state index contributed by atoms with van der Waals surface area (Å²) in [5, 5.41) is 8.19. The minimum absolute atomic E-state index is 0. The minimum Gasteiger partial charge on any atom is -0.339 e. The van der Waals surface area contributed by atoms with Gasteiger partial charge in [0.2, 0.25) is 0 Å². The number of hydrogen-bond acceptors (Lipinski definition) is 3. The Bertz CT molecular complexity index is 679. The molecular formula is C18H24Cl2N4O. The van der Waals surface area contributed by atoms with Crippen molar-refractivity contribution in [2.45, 2.75) is 19.3 Å². The molecule has 7 heteroatoms. The standard InChI is InChI=1S/C18H23ClN4O.ClH/c1-20-9-6-14-7-10-22(11-8-14)18(24)15-12-21-23(13-15)17-4-2-16(19)3-5-17;/h2-5,12-14,20H,6-11H2,1H3;1H. The first-order valence-corrected chi connectivity index (χ1v) is 8.79. The maximum absolute atomic E-state index is 12.7. The highest BCUT2D eigenvalue weighted by molar-refractivity contribution is 6.30. The van der Waals surface area contributed by atoms with Crippen LogP contribution in [0.2, 0.25) is 5.02 Å². The van der Waals surface area contributed by atoms with E-state index < -0.39 is 0 Å². The lowest BCUT2D eigenvalue weighted by molar-refractivity contribution is 0.0687. The van der Waals surface area contributed by atoms with Gasteiger partial charge in [0.25, 0.3) is 5.91 Å². The van der Waals surface area contributed by atoms with Crippen LogP contribution in [0.1, 0.15) is 29.6 Å². The largest absolute Gasteiger partial charge is 0.339 e. The summed E-state index contributed by atoms with van der Waals surface area (Å²) in [6.07, 6.45) is 6.78. The van der Waals surface area contributed by atoms with Gasteiger partial charge in [-0.3, -0.25) is 4.79 Å². The first-order valence-electron chi connectivity index (χ1n) is 8.42. The van der Waals surface area contributed by atoms with Gasteiger partial charge in [-0.25, -0.2) is 4.68 Å². The average molecular weight is 383 g/mol. The lowest BCUT2D eigenvalue weighted by atomic mass is 9.93. The van der Waals surface area contributed by atoms with Crippen molar-refractivity contribution >= 4 is 29.9 Å². The van der Waals surface area contributed by atoms with Crippen LogP contribution in [0.15, 0.2) is 36.7 Å². The summed E-state index contributed by atoms with van der Waals surface area (Å²) in [7, 11) is 1.98. The number of piperidine rings is 1. The Hall–Kier alpha value is -1.56. The zero-order valence-corrected chi connectivity index (χ0v) is 15.9. The normalized spacial score (nSPS) is 15.0. The maximum atomic E-state index is 12.7. The molecule has 0 aliphatic carbocycles. The molecule has 1 N–H and O–H groups in total. The molecule has 2 aromatic rings. The zero-order valence-electron chi connectivity index (χ0n) is 14.3. The van der Waals surface area contributed by atoms with Gasteiger partial charge in [-0.05, 0) is 63.0 Å². The van der Waals surface area contributed by atoms with E-state index in [9.17, 15) is 4.79 Å². The van der Waals surface area contributed by atoms with Crippen LogP contribution >= 0.6 is 24.0 Å². The summed E-state index contributed by atoms with van der Waals surface area (Å²) in [5.74, 6) is 0.792. The molecule has 25 heavy (non-hydrogen) atoms. The van der Waals surface area contributed by atoms with Crippen LogP contribution in [0.3, 0.4) is 0 Å². The van der Waals surface area contributed by atoms with Gasteiger partial charge >= 0.3 is 0 Å². The summed E-state index contributed by atoms with van der Waals surface area (Å²) in [6.45, 7) is 2.71. The molecule has 0 saturated carbocycles. The van der Waals surface area contributed by atoms with E-state index in [1.54, 1.807) is 17.1 Å². The van der Waals surface area contributed by atoms with Gasteiger partial charge in [-0.15, -0.1) is 12.4 Å². The van der Waals surface area contributed by atoms with Crippen molar-refractivity contribution in [3.63, 3.8) is 0 Å². The van der Waals surface area contributed by atoms with E-state index >= 15 is 0 Å². The van der Waals surface area contributed by atoms with E-state index in [0.29, 0.717) is 10.6 Å². The van der Waals surface area contributed by atoms with Crippen LogP contribution in [0, 0.1) is 5.92 Å². The second-order valence-electron chi connectivity index (χ2n) is 6.28. The molecule has 1 fully saturated rings. The number of amides is 1. The molecule has 1 aromatic carbocycles. The van der Waals surface area contributed by atoms with Gasteiger partial charge in [0, 0.05) is 24.3 Å². The average Bonchev–Trinajstić information content (AvgIpc) is 3.10. The van der Waals surface area contributed by atoms with Crippen molar-refractivity contribution in [3.8, 4) is 5.69 Å². The first-order chi connectivity index (χ1) is 11.7. The third-order valence-electron chi connectivity index (χ3n) is 4.63. The van der Waals surface area contributed by atoms with Crippen molar-refractivity contribution in [1.82, 2.24) is 20.0 Å². The molecule has 0 bridgehead atoms. The summed E-state index contributed by atoms with van der Waals surface area (Å²) in [5.41, 5.74) is 1.53. The molecule has 3 rings (SSSR count). The van der Waals surface area contributed by atoms with Crippen molar-refractivity contribution < 1.29 is 4.79 Å². The van der Waals surface area contributed by atoms with Crippen molar-refractivity contribution in [3.05, 3.63) is 47.2 Å². The second kappa shape index (κ2) is 9.22. The van der Waals surface area contributed by atoms with Gasteiger partial charge in [-0.2, -0.15) is 5.10 Å². The van der Waals surface area contributed by atoms with Gasteiger partial charge in [0.15, 0.2) is 0 Å². The molecule has 5 nitrogen and oxygen atoms in total. The van der Waals surface area contributed by atoms with E-state index in [-0.39, 0.29) is 18.3 Å². The van der Waals surface area contributed by atoms with Gasteiger partial charge in [0.1, 0.15) is 0 Å². The Kier molecular flexibility index (Phi) is 7.29. The van der Waals surface area contributed by atoms with Crippen LogP contribution in [0.5, 0.6) is 0 Å². The predicted molar refractivity (Wildman–Crippen MR) is 103 cm³/mol. The SMILES string of the molecule is CNCCC1CCN(C(=O)c2cnn(-c3ccc(Cl)cc3)c2)CC1.Cl. The fourth-order valence-corrected chi connectivity index (χ4v) is 3.25. The number of nitrogens with one attached hydrogen (secondary N) is 1. The van der Waals surface area contributed by atoms with Crippen LogP contribution in [0.4, 0.5) is 0 Å². The molecule has 0 unspecified atom stereocenters. The smallest absolute Gasteiger partial charge is 0.257 e. The molecule has 0 spiro atoms. The molecular weight excluding hydrogens is 359 g/mol. The maximum Gasteiger partial charge on any atom is 0.257 e. The highest BCUT2D eigenvalue weighted by Crippen LogP contribution is 2.22. The third kappa shape index (κ3) is 4.97. The van der Waals surface area contributed by atoms with E-state index in [4.69, 9.17) is 11.6 Å². The zero-order chi connectivity index (χ0) is 16.9.